The van der Waals surface area contributed by atoms with E-state index in [1.807, 2.05) is 6.07 Å². The fraction of sp³-hybridized carbons (Fsp3) is 0.647. The molecule has 102 valence electrons. The molecule has 5 rings (SSSR count). The minimum atomic E-state index is 0.382. The molecule has 0 unspecified atom stereocenters. The fourth-order valence-corrected chi connectivity index (χ4v) is 5.34. The maximum atomic E-state index is 6.05. The lowest BCUT2D eigenvalue weighted by molar-refractivity contribution is 0.0107. The first-order chi connectivity index (χ1) is 9.13. The van der Waals surface area contributed by atoms with Crippen LogP contribution in [0.5, 0.6) is 0 Å². The molecule has 0 amide bonds. The summed E-state index contributed by atoms with van der Waals surface area (Å²) in [5, 5.41) is 3.92. The number of rotatable bonds is 2. The van der Waals surface area contributed by atoms with Gasteiger partial charge in [0.15, 0.2) is 0 Å². The first kappa shape index (κ1) is 11.6. The van der Waals surface area contributed by atoms with Crippen LogP contribution in [0, 0.1) is 24.7 Å². The van der Waals surface area contributed by atoms with Crippen LogP contribution in [0.4, 0.5) is 11.4 Å². The van der Waals surface area contributed by atoms with Crippen molar-refractivity contribution in [2.75, 3.05) is 11.1 Å². The smallest absolute Gasteiger partial charge is 0.0394 e. The normalized spacial score (nSPS) is 39.5. The lowest BCUT2D eigenvalue weighted by atomic mass is 9.53. The van der Waals surface area contributed by atoms with Gasteiger partial charge in [0.25, 0.3) is 0 Å². The second-order valence-corrected chi connectivity index (χ2v) is 7.34. The van der Waals surface area contributed by atoms with Gasteiger partial charge in [-0.2, -0.15) is 0 Å². The van der Waals surface area contributed by atoms with Gasteiger partial charge in [0, 0.05) is 16.9 Å². The van der Waals surface area contributed by atoms with Crippen molar-refractivity contribution in [3.05, 3.63) is 23.8 Å². The number of nitrogen functional groups attached to an aromatic ring is 1. The molecule has 1 aromatic rings. The van der Waals surface area contributed by atoms with E-state index >= 15 is 0 Å². The third kappa shape index (κ3) is 1.84. The predicted molar refractivity (Wildman–Crippen MR) is 80.1 cm³/mol. The number of hydrogen-bond acceptors (Lipinski definition) is 2. The van der Waals surface area contributed by atoms with Gasteiger partial charge in [-0.25, -0.2) is 0 Å². The lowest BCUT2D eigenvalue weighted by Crippen LogP contribution is -2.54. The summed E-state index contributed by atoms with van der Waals surface area (Å²) in [6, 6.07) is 6.27. The van der Waals surface area contributed by atoms with Crippen molar-refractivity contribution in [3.8, 4) is 0 Å². The van der Waals surface area contributed by atoms with Gasteiger partial charge in [0.05, 0.1) is 0 Å². The van der Waals surface area contributed by atoms with E-state index in [0.29, 0.717) is 5.54 Å². The Hall–Kier alpha value is -1.18. The quantitative estimate of drug-likeness (QED) is 0.786. The van der Waals surface area contributed by atoms with Crippen molar-refractivity contribution >= 4 is 11.4 Å². The Morgan fingerprint density at radius 1 is 1.05 bits per heavy atom. The lowest BCUT2D eigenvalue weighted by Gasteiger charge is -2.57. The maximum Gasteiger partial charge on any atom is 0.0394 e. The van der Waals surface area contributed by atoms with E-state index in [9.17, 15) is 0 Å². The molecule has 0 radical (unpaired) electrons. The minimum absolute atomic E-state index is 0.382. The minimum Gasteiger partial charge on any atom is -0.398 e. The Labute approximate surface area is 115 Å². The summed E-state index contributed by atoms with van der Waals surface area (Å²) in [6.45, 7) is 2.14. The molecule has 0 spiro atoms. The molecule has 3 N–H and O–H groups in total. The van der Waals surface area contributed by atoms with Gasteiger partial charge in [-0.15, -0.1) is 0 Å². The SMILES string of the molecule is Cc1c(N)cccc1NC12CC3CC(CC(C3)C1)C2. The first-order valence-electron chi connectivity index (χ1n) is 7.77. The van der Waals surface area contributed by atoms with E-state index in [0.717, 1.165) is 23.4 Å². The summed E-state index contributed by atoms with van der Waals surface area (Å²) in [5.74, 6) is 2.96. The molecule has 0 atom stereocenters. The molecule has 4 aliphatic carbocycles. The summed E-state index contributed by atoms with van der Waals surface area (Å²) in [6.07, 6.45) is 8.64. The van der Waals surface area contributed by atoms with Gasteiger partial charge in [0.2, 0.25) is 0 Å². The van der Waals surface area contributed by atoms with Crippen molar-refractivity contribution in [2.24, 2.45) is 17.8 Å². The van der Waals surface area contributed by atoms with E-state index in [2.05, 4.69) is 24.4 Å². The molecule has 0 heterocycles. The Kier molecular flexibility index (Phi) is 2.39. The topological polar surface area (TPSA) is 38.0 Å². The Balaban J connectivity index is 1.64. The van der Waals surface area contributed by atoms with E-state index in [-0.39, 0.29) is 0 Å². The van der Waals surface area contributed by atoms with Crippen LogP contribution in [0.1, 0.15) is 44.1 Å². The predicted octanol–water partition coefficient (Wildman–Crippen LogP) is 3.96. The van der Waals surface area contributed by atoms with Crippen molar-refractivity contribution in [1.29, 1.82) is 0 Å². The van der Waals surface area contributed by atoms with Crippen LogP contribution in [-0.2, 0) is 0 Å². The molecule has 4 saturated carbocycles. The van der Waals surface area contributed by atoms with Crippen LogP contribution in [0.25, 0.3) is 0 Å². The Bertz CT molecular complexity index is 471. The van der Waals surface area contributed by atoms with E-state index in [1.54, 1.807) is 0 Å². The molecule has 1 aromatic carbocycles. The maximum absolute atomic E-state index is 6.05. The molecule has 2 nitrogen and oxygen atoms in total. The molecule has 2 heteroatoms. The molecular weight excluding hydrogens is 232 g/mol. The number of nitrogens with two attached hydrogens (primary N) is 1. The van der Waals surface area contributed by atoms with Gasteiger partial charge in [-0.3, -0.25) is 0 Å². The van der Waals surface area contributed by atoms with E-state index in [4.69, 9.17) is 5.73 Å². The average Bonchev–Trinajstić information content (AvgIpc) is 2.33. The van der Waals surface area contributed by atoms with Crippen LogP contribution < -0.4 is 11.1 Å². The molecule has 19 heavy (non-hydrogen) atoms. The number of benzene rings is 1. The van der Waals surface area contributed by atoms with Crippen LogP contribution in [0.3, 0.4) is 0 Å². The monoisotopic (exact) mass is 256 g/mol. The standard InChI is InChI=1S/C17H24N2/c1-11-15(18)3-2-4-16(11)19-17-8-12-5-13(9-17)7-14(6-12)10-17/h2-4,12-14,19H,5-10,18H2,1H3. The summed E-state index contributed by atoms with van der Waals surface area (Å²) >= 11 is 0. The molecule has 0 aliphatic heterocycles. The fourth-order valence-electron chi connectivity index (χ4n) is 5.34. The zero-order chi connectivity index (χ0) is 13.0. The summed E-state index contributed by atoms with van der Waals surface area (Å²) < 4.78 is 0. The highest BCUT2D eigenvalue weighted by molar-refractivity contribution is 5.63. The van der Waals surface area contributed by atoms with Crippen LogP contribution in [0.2, 0.25) is 0 Å². The largest absolute Gasteiger partial charge is 0.398 e. The molecule has 4 fully saturated rings. The summed E-state index contributed by atoms with van der Waals surface area (Å²) in [5.41, 5.74) is 9.83. The average molecular weight is 256 g/mol. The van der Waals surface area contributed by atoms with Gasteiger partial charge in [-0.05, 0) is 80.9 Å². The molecule has 4 bridgehead atoms. The van der Waals surface area contributed by atoms with Crippen LogP contribution >= 0.6 is 0 Å². The Morgan fingerprint density at radius 3 is 2.21 bits per heavy atom. The third-order valence-electron chi connectivity index (χ3n) is 5.81. The highest BCUT2D eigenvalue weighted by Crippen LogP contribution is 2.56. The van der Waals surface area contributed by atoms with Gasteiger partial charge in [0.1, 0.15) is 0 Å². The third-order valence-corrected chi connectivity index (χ3v) is 5.81. The first-order valence-corrected chi connectivity index (χ1v) is 7.77. The summed E-state index contributed by atoms with van der Waals surface area (Å²) in [4.78, 5) is 0. The highest BCUT2D eigenvalue weighted by Gasteiger charge is 2.50. The second-order valence-electron chi connectivity index (χ2n) is 7.34. The summed E-state index contributed by atoms with van der Waals surface area (Å²) in [7, 11) is 0. The van der Waals surface area contributed by atoms with Crippen molar-refractivity contribution in [3.63, 3.8) is 0 Å². The number of hydrogen-bond donors (Lipinski definition) is 2. The number of nitrogens with one attached hydrogen (secondary N) is 1. The van der Waals surface area contributed by atoms with Crippen LogP contribution in [0.15, 0.2) is 18.2 Å². The highest BCUT2D eigenvalue weighted by atomic mass is 15.0. The molecular formula is C17H24N2. The zero-order valence-electron chi connectivity index (χ0n) is 11.8. The molecule has 0 saturated heterocycles. The molecule has 0 aromatic heterocycles. The van der Waals surface area contributed by atoms with Crippen LogP contribution in [-0.4, -0.2) is 5.54 Å². The van der Waals surface area contributed by atoms with Gasteiger partial charge >= 0.3 is 0 Å². The van der Waals surface area contributed by atoms with Gasteiger partial charge in [-0.1, -0.05) is 6.07 Å². The van der Waals surface area contributed by atoms with Gasteiger partial charge < -0.3 is 11.1 Å². The second kappa shape index (κ2) is 3.91. The Morgan fingerprint density at radius 2 is 1.63 bits per heavy atom. The van der Waals surface area contributed by atoms with Crippen molar-refractivity contribution in [2.45, 2.75) is 51.0 Å². The van der Waals surface area contributed by atoms with Crippen molar-refractivity contribution in [1.82, 2.24) is 0 Å². The number of anilines is 2. The van der Waals surface area contributed by atoms with E-state index < -0.39 is 0 Å². The van der Waals surface area contributed by atoms with E-state index in [1.165, 1.54) is 49.8 Å². The van der Waals surface area contributed by atoms with Crippen molar-refractivity contribution < 1.29 is 0 Å². The molecule has 4 aliphatic rings. The zero-order valence-corrected chi connectivity index (χ0v) is 11.8.